The largest absolute Gasteiger partial charge is 0.464 e. The standard InChI is InChI=1S/C27H20N2O6/c1-33-27(32)22-23(34-25(30)19-13-7-3-8-14-19)24(35-26(31)20-15-9-4-10-16-20)29-21(28-22)17-18-11-5-2-6-12-18/h2-16H,17H2,1H3. The van der Waals surface area contributed by atoms with Gasteiger partial charge in [-0.25, -0.2) is 19.4 Å². The molecule has 0 amide bonds. The van der Waals surface area contributed by atoms with Gasteiger partial charge in [-0.2, -0.15) is 4.98 Å². The number of esters is 3. The molecule has 0 atom stereocenters. The second kappa shape index (κ2) is 10.8. The Morgan fingerprint density at radius 1 is 0.657 bits per heavy atom. The third-order valence-corrected chi connectivity index (χ3v) is 4.87. The smallest absolute Gasteiger partial charge is 0.360 e. The van der Waals surface area contributed by atoms with Crippen LogP contribution in [-0.2, 0) is 11.2 Å². The predicted octanol–water partition coefficient (Wildman–Crippen LogP) is 4.29. The number of hydrogen-bond donors (Lipinski definition) is 0. The maximum Gasteiger partial charge on any atom is 0.360 e. The van der Waals surface area contributed by atoms with Crippen molar-refractivity contribution in [3.63, 3.8) is 0 Å². The van der Waals surface area contributed by atoms with Crippen molar-refractivity contribution >= 4 is 17.9 Å². The molecule has 0 saturated carbocycles. The summed E-state index contributed by atoms with van der Waals surface area (Å²) in [4.78, 5) is 46.8. The number of methoxy groups -OCH3 is 1. The minimum absolute atomic E-state index is 0.173. The Balaban J connectivity index is 1.79. The lowest BCUT2D eigenvalue weighted by Gasteiger charge is -2.14. The van der Waals surface area contributed by atoms with E-state index in [2.05, 4.69) is 9.97 Å². The molecule has 1 aromatic heterocycles. The summed E-state index contributed by atoms with van der Waals surface area (Å²) in [6.45, 7) is 0. The van der Waals surface area contributed by atoms with Crippen LogP contribution in [-0.4, -0.2) is 35.0 Å². The second-order valence-electron chi connectivity index (χ2n) is 7.29. The summed E-state index contributed by atoms with van der Waals surface area (Å²) in [5.41, 5.74) is 0.985. The maximum atomic E-state index is 12.8. The average molecular weight is 468 g/mol. The number of carbonyl (C=O) groups is 3. The van der Waals surface area contributed by atoms with E-state index >= 15 is 0 Å². The van der Waals surface area contributed by atoms with Crippen molar-refractivity contribution < 1.29 is 28.6 Å². The number of rotatable bonds is 7. The van der Waals surface area contributed by atoms with Crippen LogP contribution >= 0.6 is 0 Å². The van der Waals surface area contributed by atoms with Gasteiger partial charge in [-0.15, -0.1) is 0 Å². The molecule has 0 saturated heterocycles. The lowest BCUT2D eigenvalue weighted by molar-refractivity contribution is 0.0574. The van der Waals surface area contributed by atoms with Gasteiger partial charge in [0, 0.05) is 6.42 Å². The zero-order valence-corrected chi connectivity index (χ0v) is 18.7. The van der Waals surface area contributed by atoms with Crippen LogP contribution in [0.5, 0.6) is 11.6 Å². The van der Waals surface area contributed by atoms with Crippen molar-refractivity contribution in [2.45, 2.75) is 6.42 Å². The molecular formula is C27H20N2O6. The zero-order valence-electron chi connectivity index (χ0n) is 18.7. The van der Waals surface area contributed by atoms with Gasteiger partial charge in [0.05, 0.1) is 18.2 Å². The van der Waals surface area contributed by atoms with Gasteiger partial charge >= 0.3 is 17.9 Å². The van der Waals surface area contributed by atoms with E-state index in [1.54, 1.807) is 60.7 Å². The number of hydrogen-bond acceptors (Lipinski definition) is 8. The molecule has 35 heavy (non-hydrogen) atoms. The van der Waals surface area contributed by atoms with Crippen LogP contribution in [0.3, 0.4) is 0 Å². The first kappa shape index (κ1) is 23.3. The Labute approximate surface area is 201 Å². The summed E-state index contributed by atoms with van der Waals surface area (Å²) in [6.07, 6.45) is 0.230. The highest BCUT2D eigenvalue weighted by Crippen LogP contribution is 2.31. The minimum Gasteiger partial charge on any atom is -0.464 e. The van der Waals surface area contributed by atoms with Crippen molar-refractivity contribution in [3.05, 3.63) is 119 Å². The van der Waals surface area contributed by atoms with Crippen LogP contribution in [0.25, 0.3) is 0 Å². The van der Waals surface area contributed by atoms with Crippen molar-refractivity contribution in [2.75, 3.05) is 7.11 Å². The Hall–Kier alpha value is -4.85. The van der Waals surface area contributed by atoms with Gasteiger partial charge < -0.3 is 14.2 Å². The van der Waals surface area contributed by atoms with Gasteiger partial charge in [0.1, 0.15) is 5.82 Å². The molecular weight excluding hydrogens is 448 g/mol. The first-order valence-corrected chi connectivity index (χ1v) is 10.6. The van der Waals surface area contributed by atoms with E-state index in [0.29, 0.717) is 0 Å². The van der Waals surface area contributed by atoms with Gasteiger partial charge in [0.15, 0.2) is 5.69 Å². The van der Waals surface area contributed by atoms with Crippen LogP contribution in [0.4, 0.5) is 0 Å². The number of carbonyl (C=O) groups excluding carboxylic acids is 3. The van der Waals surface area contributed by atoms with Gasteiger partial charge in [0.2, 0.25) is 5.75 Å². The zero-order chi connectivity index (χ0) is 24.6. The van der Waals surface area contributed by atoms with E-state index in [-0.39, 0.29) is 34.9 Å². The number of aromatic nitrogens is 2. The monoisotopic (exact) mass is 468 g/mol. The molecule has 0 aliphatic rings. The summed E-state index contributed by atoms with van der Waals surface area (Å²) in [6, 6.07) is 25.7. The molecule has 0 radical (unpaired) electrons. The molecule has 0 spiro atoms. The molecule has 1 heterocycles. The number of ether oxygens (including phenoxy) is 3. The van der Waals surface area contributed by atoms with Crippen LogP contribution in [0.15, 0.2) is 91.0 Å². The van der Waals surface area contributed by atoms with Crippen molar-refractivity contribution in [3.8, 4) is 11.6 Å². The highest BCUT2D eigenvalue weighted by Gasteiger charge is 2.28. The van der Waals surface area contributed by atoms with E-state index in [4.69, 9.17) is 14.2 Å². The molecule has 0 bridgehead atoms. The third kappa shape index (κ3) is 5.75. The molecule has 3 aromatic carbocycles. The SMILES string of the molecule is COC(=O)c1nc(Cc2ccccc2)nc(OC(=O)c2ccccc2)c1OC(=O)c1ccccc1. The average Bonchev–Trinajstić information content (AvgIpc) is 2.91. The van der Waals surface area contributed by atoms with Crippen LogP contribution in [0, 0.1) is 0 Å². The van der Waals surface area contributed by atoms with Gasteiger partial charge in [-0.05, 0) is 29.8 Å². The first-order chi connectivity index (χ1) is 17.0. The second-order valence-corrected chi connectivity index (χ2v) is 7.29. The fourth-order valence-electron chi connectivity index (χ4n) is 3.17. The highest BCUT2D eigenvalue weighted by atomic mass is 16.6. The number of nitrogens with zero attached hydrogens (tertiary/aromatic N) is 2. The van der Waals surface area contributed by atoms with Gasteiger partial charge in [-0.3, -0.25) is 0 Å². The van der Waals surface area contributed by atoms with Crippen molar-refractivity contribution in [1.29, 1.82) is 0 Å². The van der Waals surface area contributed by atoms with E-state index in [1.165, 1.54) is 7.11 Å². The van der Waals surface area contributed by atoms with E-state index < -0.39 is 23.7 Å². The lowest BCUT2D eigenvalue weighted by atomic mass is 10.1. The minimum atomic E-state index is -0.880. The number of benzene rings is 3. The lowest BCUT2D eigenvalue weighted by Crippen LogP contribution is -2.19. The van der Waals surface area contributed by atoms with Crippen molar-refractivity contribution in [1.82, 2.24) is 9.97 Å². The Morgan fingerprint density at radius 2 is 1.17 bits per heavy atom. The summed E-state index contributed by atoms with van der Waals surface area (Å²) in [5.74, 6) is -3.02. The van der Waals surface area contributed by atoms with Gasteiger partial charge in [0.25, 0.3) is 5.88 Å². The summed E-state index contributed by atoms with van der Waals surface area (Å²) in [5, 5.41) is 0. The Morgan fingerprint density at radius 3 is 1.71 bits per heavy atom. The van der Waals surface area contributed by atoms with E-state index in [0.717, 1.165) is 5.56 Å². The molecule has 0 N–H and O–H groups in total. The topological polar surface area (TPSA) is 105 Å². The molecule has 0 aliphatic heterocycles. The maximum absolute atomic E-state index is 12.8. The van der Waals surface area contributed by atoms with Crippen molar-refractivity contribution in [2.24, 2.45) is 0 Å². The first-order valence-electron chi connectivity index (χ1n) is 10.6. The normalized spacial score (nSPS) is 10.3. The molecule has 0 fully saturated rings. The Bertz CT molecular complexity index is 1340. The predicted molar refractivity (Wildman–Crippen MR) is 125 cm³/mol. The summed E-state index contributed by atoms with van der Waals surface area (Å²) >= 11 is 0. The van der Waals surface area contributed by atoms with Gasteiger partial charge in [-0.1, -0.05) is 66.7 Å². The highest BCUT2D eigenvalue weighted by molar-refractivity contribution is 5.97. The van der Waals surface area contributed by atoms with E-state index in [1.807, 2.05) is 30.3 Å². The molecule has 174 valence electrons. The molecule has 0 unspecified atom stereocenters. The quantitative estimate of drug-likeness (QED) is 0.370. The summed E-state index contributed by atoms with van der Waals surface area (Å²) < 4.78 is 15.8. The molecule has 4 aromatic rings. The van der Waals surface area contributed by atoms with E-state index in [9.17, 15) is 14.4 Å². The van der Waals surface area contributed by atoms with Crippen LogP contribution in [0.1, 0.15) is 42.6 Å². The third-order valence-electron chi connectivity index (χ3n) is 4.87. The fourth-order valence-corrected chi connectivity index (χ4v) is 3.17. The molecule has 8 nitrogen and oxygen atoms in total. The van der Waals surface area contributed by atoms with Crippen LogP contribution < -0.4 is 9.47 Å². The van der Waals surface area contributed by atoms with Crippen LogP contribution in [0.2, 0.25) is 0 Å². The molecule has 0 aliphatic carbocycles. The Kier molecular flexibility index (Phi) is 7.22. The fraction of sp³-hybridized carbons (Fsp3) is 0.0741. The molecule has 8 heteroatoms. The summed E-state index contributed by atoms with van der Waals surface area (Å²) in [7, 11) is 1.17. The molecule has 4 rings (SSSR count).